The molecule has 15 heavy (non-hydrogen) atoms. The maximum atomic E-state index is 12.6. The molecule has 0 N–H and O–H groups in total. The number of fused-ring (bicyclic) bond motifs is 1. The van der Waals surface area contributed by atoms with Gasteiger partial charge in [-0.3, -0.25) is 9.59 Å². The molecule has 2 rings (SSSR count). The Kier molecular flexibility index (Phi) is 2.30. The molecule has 0 fully saturated rings. The molecule has 0 unspecified atom stereocenters. The number of para-hydroxylation sites is 1. The summed E-state index contributed by atoms with van der Waals surface area (Å²) < 4.78 is 25.4. The Labute approximate surface area is 91.8 Å². The van der Waals surface area contributed by atoms with Gasteiger partial charge in [-0.1, -0.05) is 6.07 Å². The van der Waals surface area contributed by atoms with Gasteiger partial charge in [0.1, 0.15) is 0 Å². The van der Waals surface area contributed by atoms with Crippen LogP contribution in [0.5, 0.6) is 0 Å². The van der Waals surface area contributed by atoms with Crippen molar-refractivity contribution in [2.24, 2.45) is 0 Å². The molecule has 0 spiro atoms. The molecule has 1 aromatic carbocycles. The van der Waals surface area contributed by atoms with Gasteiger partial charge in [-0.25, -0.2) is 4.90 Å². The average Bonchev–Trinajstić information content (AvgIpc) is 2.43. The number of benzene rings is 1. The number of halogens is 3. The van der Waals surface area contributed by atoms with E-state index in [1.54, 1.807) is 0 Å². The van der Waals surface area contributed by atoms with Crippen molar-refractivity contribution in [3.05, 3.63) is 28.2 Å². The predicted molar refractivity (Wildman–Crippen MR) is 52.0 cm³/mol. The van der Waals surface area contributed by atoms with Crippen molar-refractivity contribution in [1.82, 2.24) is 0 Å². The van der Waals surface area contributed by atoms with Crippen LogP contribution in [0.4, 0.5) is 14.5 Å². The van der Waals surface area contributed by atoms with Crippen LogP contribution in [-0.2, 0) is 4.79 Å². The lowest BCUT2D eigenvalue weighted by Gasteiger charge is -2.15. The minimum absolute atomic E-state index is 0.00896. The number of amides is 1. The Hall–Kier alpha value is -1.30. The molecule has 1 heterocycles. The smallest absolute Gasteiger partial charge is 0.283 e. The molecule has 6 heteroatoms. The highest BCUT2D eigenvalue weighted by molar-refractivity contribution is 9.10. The number of Topliss-reactive ketones (excluding diaryl/α,β-unsaturated/α-hetero) is 1. The lowest BCUT2D eigenvalue weighted by molar-refractivity contribution is -0.116. The zero-order valence-corrected chi connectivity index (χ0v) is 8.79. The third-order valence-corrected chi connectivity index (χ3v) is 2.72. The number of anilines is 1. The highest BCUT2D eigenvalue weighted by atomic mass is 79.9. The quantitative estimate of drug-likeness (QED) is 0.582. The van der Waals surface area contributed by atoms with Crippen LogP contribution in [0.2, 0.25) is 0 Å². The molecule has 1 aliphatic rings. The summed E-state index contributed by atoms with van der Waals surface area (Å²) in [5.41, 5.74) is -0.0443. The number of hydrogen-bond acceptors (Lipinski definition) is 2. The Bertz CT molecular complexity index is 461. The van der Waals surface area contributed by atoms with Gasteiger partial charge in [-0.2, -0.15) is 8.78 Å². The van der Waals surface area contributed by atoms with Crippen LogP contribution in [0.15, 0.2) is 22.7 Å². The van der Waals surface area contributed by atoms with E-state index in [1.807, 2.05) is 0 Å². The third kappa shape index (κ3) is 1.36. The SMILES string of the molecule is O=C1C(=O)N(C(F)F)c2c(Br)cccc21. The van der Waals surface area contributed by atoms with Gasteiger partial charge in [0.25, 0.3) is 5.78 Å². The number of nitrogens with zero attached hydrogens (tertiary/aromatic N) is 1. The van der Waals surface area contributed by atoms with Crippen molar-refractivity contribution in [2.75, 3.05) is 4.90 Å². The van der Waals surface area contributed by atoms with Crippen molar-refractivity contribution in [2.45, 2.75) is 6.55 Å². The highest BCUT2D eigenvalue weighted by Gasteiger charge is 2.41. The molecule has 0 radical (unpaired) electrons. The number of carbonyl (C=O) groups is 2. The first kappa shape index (κ1) is 10.2. The maximum absolute atomic E-state index is 12.6. The van der Waals surface area contributed by atoms with Crippen LogP contribution >= 0.6 is 15.9 Å². The fraction of sp³-hybridized carbons (Fsp3) is 0.111. The standard InChI is InChI=1S/C9H4BrF2NO2/c10-5-3-1-2-4-6(5)13(9(11)12)8(15)7(4)14/h1-3,9H. The first-order valence-electron chi connectivity index (χ1n) is 3.98. The molecular weight excluding hydrogens is 272 g/mol. The van der Waals surface area contributed by atoms with E-state index in [4.69, 9.17) is 0 Å². The van der Waals surface area contributed by atoms with E-state index < -0.39 is 18.2 Å². The van der Waals surface area contributed by atoms with Gasteiger partial charge in [0, 0.05) is 4.47 Å². The van der Waals surface area contributed by atoms with Gasteiger partial charge in [-0.05, 0) is 28.1 Å². The van der Waals surface area contributed by atoms with E-state index in [0.29, 0.717) is 4.47 Å². The van der Waals surface area contributed by atoms with Crippen molar-refractivity contribution >= 4 is 33.3 Å². The predicted octanol–water partition coefficient (Wildman–Crippen LogP) is 2.20. The number of carbonyl (C=O) groups excluding carboxylic acids is 2. The Morgan fingerprint density at radius 1 is 1.27 bits per heavy atom. The number of rotatable bonds is 1. The molecule has 1 aromatic rings. The van der Waals surface area contributed by atoms with E-state index in [0.717, 1.165) is 0 Å². The van der Waals surface area contributed by atoms with Gasteiger partial charge < -0.3 is 0 Å². The second-order valence-corrected chi connectivity index (χ2v) is 3.77. The van der Waals surface area contributed by atoms with Gasteiger partial charge in [0.2, 0.25) is 0 Å². The van der Waals surface area contributed by atoms with Crippen LogP contribution < -0.4 is 4.90 Å². The summed E-state index contributed by atoms with van der Waals surface area (Å²) in [4.78, 5) is 22.7. The van der Waals surface area contributed by atoms with Gasteiger partial charge in [0.15, 0.2) is 0 Å². The minimum Gasteiger partial charge on any atom is -0.283 e. The lowest BCUT2D eigenvalue weighted by Crippen LogP contribution is -2.34. The number of hydrogen-bond donors (Lipinski definition) is 0. The summed E-state index contributed by atoms with van der Waals surface area (Å²) in [6.45, 7) is -3.01. The van der Waals surface area contributed by atoms with E-state index in [-0.39, 0.29) is 16.2 Å². The summed E-state index contributed by atoms with van der Waals surface area (Å²) in [7, 11) is 0. The Balaban J connectivity index is 2.67. The average molecular weight is 276 g/mol. The summed E-state index contributed by atoms with van der Waals surface area (Å²) in [5, 5.41) is 0. The number of alkyl halides is 2. The van der Waals surface area contributed by atoms with Gasteiger partial charge >= 0.3 is 12.5 Å². The molecule has 0 aliphatic carbocycles. The first-order chi connectivity index (χ1) is 7.04. The summed E-state index contributed by atoms with van der Waals surface area (Å²) in [6, 6.07) is 4.37. The van der Waals surface area contributed by atoms with Crippen molar-refractivity contribution in [3.63, 3.8) is 0 Å². The lowest BCUT2D eigenvalue weighted by atomic mass is 10.1. The normalized spacial score (nSPS) is 15.1. The molecule has 1 aliphatic heterocycles. The highest BCUT2D eigenvalue weighted by Crippen LogP contribution is 2.37. The van der Waals surface area contributed by atoms with Crippen molar-refractivity contribution in [1.29, 1.82) is 0 Å². The largest absolute Gasteiger partial charge is 0.321 e. The molecular formula is C9H4BrF2NO2. The fourth-order valence-corrected chi connectivity index (χ4v) is 2.01. The minimum atomic E-state index is -3.01. The van der Waals surface area contributed by atoms with Gasteiger partial charge in [0.05, 0.1) is 11.3 Å². The van der Waals surface area contributed by atoms with E-state index in [1.165, 1.54) is 18.2 Å². The summed E-state index contributed by atoms with van der Waals surface area (Å²) >= 11 is 3.03. The zero-order chi connectivity index (χ0) is 11.2. The molecule has 0 aromatic heterocycles. The van der Waals surface area contributed by atoms with Crippen molar-refractivity contribution < 1.29 is 18.4 Å². The van der Waals surface area contributed by atoms with E-state index in [9.17, 15) is 18.4 Å². The Morgan fingerprint density at radius 2 is 1.93 bits per heavy atom. The molecule has 0 atom stereocenters. The van der Waals surface area contributed by atoms with Crippen LogP contribution in [0.25, 0.3) is 0 Å². The fourth-order valence-electron chi connectivity index (χ4n) is 1.46. The second-order valence-electron chi connectivity index (χ2n) is 2.92. The summed E-state index contributed by atoms with van der Waals surface area (Å²) in [5.74, 6) is -2.08. The molecule has 3 nitrogen and oxygen atoms in total. The van der Waals surface area contributed by atoms with Crippen LogP contribution in [0.1, 0.15) is 10.4 Å². The molecule has 78 valence electrons. The topological polar surface area (TPSA) is 37.4 Å². The molecule has 1 amide bonds. The molecule has 0 saturated carbocycles. The zero-order valence-electron chi connectivity index (χ0n) is 7.21. The molecule has 0 saturated heterocycles. The Morgan fingerprint density at radius 3 is 2.53 bits per heavy atom. The molecule has 0 bridgehead atoms. The summed E-state index contributed by atoms with van der Waals surface area (Å²) in [6.07, 6.45) is 0. The van der Waals surface area contributed by atoms with E-state index >= 15 is 0 Å². The third-order valence-electron chi connectivity index (χ3n) is 2.08. The van der Waals surface area contributed by atoms with Crippen LogP contribution in [0, 0.1) is 0 Å². The number of ketones is 1. The first-order valence-corrected chi connectivity index (χ1v) is 4.78. The van der Waals surface area contributed by atoms with Crippen molar-refractivity contribution in [3.8, 4) is 0 Å². The maximum Gasteiger partial charge on any atom is 0.321 e. The second kappa shape index (κ2) is 3.37. The van der Waals surface area contributed by atoms with E-state index in [2.05, 4.69) is 15.9 Å². The van der Waals surface area contributed by atoms with Gasteiger partial charge in [-0.15, -0.1) is 0 Å². The monoisotopic (exact) mass is 275 g/mol. The van der Waals surface area contributed by atoms with Crippen LogP contribution in [0.3, 0.4) is 0 Å². The van der Waals surface area contributed by atoms with Crippen LogP contribution in [-0.4, -0.2) is 18.2 Å².